The number of hydrogen-bond acceptors (Lipinski definition) is 2. The zero-order valence-electron chi connectivity index (χ0n) is 22.1. The summed E-state index contributed by atoms with van der Waals surface area (Å²) in [5.74, 6) is -0.455. The van der Waals surface area contributed by atoms with E-state index in [1.807, 2.05) is 0 Å². The maximum absolute atomic E-state index is 15.4. The third-order valence-electron chi connectivity index (χ3n) is 7.57. The standard InChI is InChI=1S/C32H34F5O2/c1-2-3-4-7-22-10-12-23(13-11-22)14-19-27-28(33)20-21-30(31(27)34)38-29-9-6-5-8-26(29)24-15-17-25(18-16-24)39-32(35,36)37/h5-6,8-9,15-18,20,22-23H,2-4,7,10-14,19H2,1H3/t22-,23-. The van der Waals surface area contributed by atoms with E-state index in [1.165, 1.54) is 62.8 Å². The van der Waals surface area contributed by atoms with Gasteiger partial charge < -0.3 is 9.47 Å². The second kappa shape index (κ2) is 13.3. The van der Waals surface area contributed by atoms with Crippen molar-refractivity contribution in [2.75, 3.05) is 0 Å². The minimum atomic E-state index is -4.79. The first-order valence-electron chi connectivity index (χ1n) is 13.7. The molecule has 0 heterocycles. The fourth-order valence-electron chi connectivity index (χ4n) is 5.41. The van der Waals surface area contributed by atoms with Crippen molar-refractivity contribution < 1.29 is 31.4 Å². The monoisotopic (exact) mass is 545 g/mol. The van der Waals surface area contributed by atoms with E-state index in [1.54, 1.807) is 24.3 Å². The lowest BCUT2D eigenvalue weighted by Gasteiger charge is -2.28. The molecule has 1 radical (unpaired) electrons. The fourth-order valence-corrected chi connectivity index (χ4v) is 5.41. The minimum absolute atomic E-state index is 0.0000438. The molecule has 4 rings (SSSR count). The molecule has 3 aromatic carbocycles. The van der Waals surface area contributed by atoms with Crippen molar-refractivity contribution in [3.8, 4) is 28.4 Å². The molecule has 7 heteroatoms. The third-order valence-corrected chi connectivity index (χ3v) is 7.57. The molecule has 3 aromatic rings. The highest BCUT2D eigenvalue weighted by Crippen LogP contribution is 2.38. The van der Waals surface area contributed by atoms with Gasteiger partial charge in [0.05, 0.1) is 0 Å². The summed E-state index contributed by atoms with van der Waals surface area (Å²) >= 11 is 0. The molecule has 1 aliphatic rings. The first kappa shape index (κ1) is 28.9. The number of benzene rings is 3. The normalized spacial score (nSPS) is 17.7. The summed E-state index contributed by atoms with van der Waals surface area (Å²) in [5, 5.41) is 0. The Morgan fingerprint density at radius 1 is 0.872 bits per heavy atom. The quantitative estimate of drug-likeness (QED) is 0.176. The van der Waals surface area contributed by atoms with Crippen LogP contribution in [0.25, 0.3) is 11.1 Å². The van der Waals surface area contributed by atoms with E-state index in [0.717, 1.165) is 31.2 Å². The van der Waals surface area contributed by atoms with Crippen molar-refractivity contribution in [3.63, 3.8) is 0 Å². The van der Waals surface area contributed by atoms with Crippen molar-refractivity contribution in [1.29, 1.82) is 0 Å². The summed E-state index contributed by atoms with van der Waals surface area (Å²) in [7, 11) is 0. The van der Waals surface area contributed by atoms with Crippen LogP contribution >= 0.6 is 0 Å². The summed E-state index contributed by atoms with van der Waals surface area (Å²) in [5.41, 5.74) is 1.08. The maximum atomic E-state index is 15.4. The lowest BCUT2D eigenvalue weighted by Crippen LogP contribution is -2.16. The van der Waals surface area contributed by atoms with Gasteiger partial charge in [-0.15, -0.1) is 13.2 Å². The van der Waals surface area contributed by atoms with Gasteiger partial charge in [-0.05, 0) is 54.5 Å². The predicted molar refractivity (Wildman–Crippen MR) is 142 cm³/mol. The van der Waals surface area contributed by atoms with Crippen molar-refractivity contribution >= 4 is 0 Å². The second-order valence-electron chi connectivity index (χ2n) is 10.3. The van der Waals surface area contributed by atoms with Gasteiger partial charge >= 0.3 is 6.36 Å². The fraction of sp³-hybridized carbons (Fsp3) is 0.438. The Morgan fingerprint density at radius 2 is 1.54 bits per heavy atom. The average molecular weight is 546 g/mol. The van der Waals surface area contributed by atoms with Gasteiger partial charge in [0.15, 0.2) is 11.6 Å². The number of rotatable bonds is 11. The third kappa shape index (κ3) is 8.20. The van der Waals surface area contributed by atoms with Crippen LogP contribution in [0, 0.1) is 29.5 Å². The first-order valence-corrected chi connectivity index (χ1v) is 13.7. The van der Waals surface area contributed by atoms with E-state index >= 15 is 4.39 Å². The number of ether oxygens (including phenoxy) is 2. The predicted octanol–water partition coefficient (Wildman–Crippen LogP) is 10.4. The average Bonchev–Trinajstić information content (AvgIpc) is 2.91. The number of halogens is 5. The van der Waals surface area contributed by atoms with Crippen LogP contribution in [-0.2, 0) is 6.42 Å². The molecule has 1 saturated carbocycles. The van der Waals surface area contributed by atoms with Crippen LogP contribution in [0.4, 0.5) is 22.0 Å². The van der Waals surface area contributed by atoms with Gasteiger partial charge in [-0.1, -0.05) is 88.6 Å². The molecule has 0 amide bonds. The molecule has 0 aromatic heterocycles. The highest BCUT2D eigenvalue weighted by molar-refractivity contribution is 5.71. The molecule has 39 heavy (non-hydrogen) atoms. The van der Waals surface area contributed by atoms with Crippen molar-refractivity contribution in [3.05, 3.63) is 77.9 Å². The summed E-state index contributed by atoms with van der Waals surface area (Å²) in [4.78, 5) is 0. The van der Waals surface area contributed by atoms with Gasteiger partial charge in [-0.3, -0.25) is 0 Å². The molecule has 209 valence electrons. The molecular weight excluding hydrogens is 511 g/mol. The maximum Gasteiger partial charge on any atom is 0.573 e. The number of unbranched alkanes of at least 4 members (excludes halogenated alkanes) is 2. The Labute approximate surface area is 227 Å². The zero-order valence-corrected chi connectivity index (χ0v) is 22.1. The van der Waals surface area contributed by atoms with Crippen LogP contribution in [-0.4, -0.2) is 6.36 Å². The minimum Gasteiger partial charge on any atom is -0.453 e. The molecular formula is C32H34F5O2. The molecule has 0 aliphatic heterocycles. The SMILES string of the molecule is CCCCC[C@H]1CC[C@H](CCc2c(F)c[c]c(Oc3ccccc3-c3ccc(OC(F)(F)F)cc3)c2F)CC1. The molecule has 0 unspecified atom stereocenters. The van der Waals surface area contributed by atoms with E-state index in [0.29, 0.717) is 17.0 Å². The van der Waals surface area contributed by atoms with Gasteiger partial charge in [0, 0.05) is 17.2 Å². The molecule has 0 saturated heterocycles. The zero-order chi connectivity index (χ0) is 27.8. The van der Waals surface area contributed by atoms with Crippen LogP contribution in [0.15, 0.2) is 54.6 Å². The van der Waals surface area contributed by atoms with Gasteiger partial charge in [0.2, 0.25) is 0 Å². The summed E-state index contributed by atoms with van der Waals surface area (Å²) in [6, 6.07) is 15.7. The topological polar surface area (TPSA) is 18.5 Å². The van der Waals surface area contributed by atoms with Gasteiger partial charge in [0.25, 0.3) is 0 Å². The van der Waals surface area contributed by atoms with Crippen LogP contribution in [0.1, 0.15) is 70.3 Å². The van der Waals surface area contributed by atoms with Crippen molar-refractivity contribution in [2.45, 2.75) is 77.5 Å². The van der Waals surface area contributed by atoms with Crippen LogP contribution in [0.5, 0.6) is 17.2 Å². The number of hydrogen-bond donors (Lipinski definition) is 0. The van der Waals surface area contributed by atoms with Gasteiger partial charge in [-0.25, -0.2) is 8.78 Å². The highest BCUT2D eigenvalue weighted by atomic mass is 19.4. The molecule has 0 N–H and O–H groups in total. The van der Waals surface area contributed by atoms with Crippen LogP contribution < -0.4 is 9.47 Å². The highest BCUT2D eigenvalue weighted by Gasteiger charge is 2.31. The lowest BCUT2D eigenvalue weighted by atomic mass is 9.77. The summed E-state index contributed by atoms with van der Waals surface area (Å²) in [6.07, 6.45) is 5.88. The van der Waals surface area contributed by atoms with Crippen LogP contribution in [0.2, 0.25) is 0 Å². The Kier molecular flexibility index (Phi) is 9.87. The Bertz CT molecular complexity index is 1200. The Morgan fingerprint density at radius 3 is 2.21 bits per heavy atom. The van der Waals surface area contributed by atoms with Gasteiger partial charge in [0.1, 0.15) is 17.3 Å². The van der Waals surface area contributed by atoms with E-state index in [9.17, 15) is 17.6 Å². The largest absolute Gasteiger partial charge is 0.573 e. The Balaban J connectivity index is 1.42. The summed E-state index contributed by atoms with van der Waals surface area (Å²) in [6.45, 7) is 2.21. The van der Waals surface area contributed by atoms with Crippen molar-refractivity contribution in [1.82, 2.24) is 0 Å². The van der Waals surface area contributed by atoms with E-state index in [-0.39, 0.29) is 29.2 Å². The second-order valence-corrected chi connectivity index (χ2v) is 10.3. The molecule has 0 atom stereocenters. The van der Waals surface area contributed by atoms with E-state index in [4.69, 9.17) is 4.74 Å². The van der Waals surface area contributed by atoms with E-state index in [2.05, 4.69) is 17.7 Å². The van der Waals surface area contributed by atoms with Crippen LogP contribution in [0.3, 0.4) is 0 Å². The molecule has 2 nitrogen and oxygen atoms in total. The van der Waals surface area contributed by atoms with Gasteiger partial charge in [-0.2, -0.15) is 0 Å². The Hall–Kier alpha value is -3.09. The van der Waals surface area contributed by atoms with Crippen molar-refractivity contribution in [2.24, 2.45) is 11.8 Å². The smallest absolute Gasteiger partial charge is 0.453 e. The molecule has 1 aliphatic carbocycles. The summed E-state index contributed by atoms with van der Waals surface area (Å²) < 4.78 is 77.3. The molecule has 0 spiro atoms. The number of alkyl halides is 3. The van der Waals surface area contributed by atoms with E-state index < -0.39 is 18.0 Å². The first-order chi connectivity index (χ1) is 18.7. The molecule has 0 bridgehead atoms. The molecule has 1 fully saturated rings. The number of para-hydroxylation sites is 1. The lowest BCUT2D eigenvalue weighted by molar-refractivity contribution is -0.274.